The molecule has 0 aliphatic heterocycles. The lowest BCUT2D eigenvalue weighted by Crippen LogP contribution is -2.42. The summed E-state index contributed by atoms with van der Waals surface area (Å²) in [5, 5.41) is 0. The lowest BCUT2D eigenvalue weighted by atomic mass is 10.1. The summed E-state index contributed by atoms with van der Waals surface area (Å²) in [6, 6.07) is 4.42. The molecule has 1 aliphatic carbocycles. The Balaban J connectivity index is 2.22. The van der Waals surface area contributed by atoms with Gasteiger partial charge in [0.1, 0.15) is 5.82 Å². The molecule has 0 aromatic heterocycles. The molecule has 0 spiro atoms. The van der Waals surface area contributed by atoms with Gasteiger partial charge in [0.25, 0.3) is 5.91 Å². The van der Waals surface area contributed by atoms with E-state index in [2.05, 4.69) is 12.6 Å². The van der Waals surface area contributed by atoms with Crippen LogP contribution in [0.1, 0.15) is 30.1 Å². The normalized spacial score (nSPS) is 16.0. The molecular formula is C15H20FNO2S. The van der Waals surface area contributed by atoms with Gasteiger partial charge in [-0.2, -0.15) is 0 Å². The first kappa shape index (κ1) is 15.3. The number of hydrogen-bond acceptors (Lipinski definition) is 3. The summed E-state index contributed by atoms with van der Waals surface area (Å²) < 4.78 is 18.9. The second-order valence-electron chi connectivity index (χ2n) is 5.23. The number of hydrogen-bond donors (Lipinski definition) is 1. The first-order chi connectivity index (χ1) is 9.54. The van der Waals surface area contributed by atoms with Gasteiger partial charge in [-0.25, -0.2) is 4.39 Å². The topological polar surface area (TPSA) is 29.5 Å². The number of methoxy groups -OCH3 is 1. The molecule has 1 atom stereocenters. The van der Waals surface area contributed by atoms with Gasteiger partial charge >= 0.3 is 0 Å². The smallest absolute Gasteiger partial charge is 0.257 e. The van der Waals surface area contributed by atoms with Crippen LogP contribution < -0.4 is 0 Å². The van der Waals surface area contributed by atoms with Crippen LogP contribution in [0, 0.1) is 11.7 Å². The highest BCUT2D eigenvalue weighted by molar-refractivity contribution is 7.80. The maximum Gasteiger partial charge on any atom is 0.257 e. The van der Waals surface area contributed by atoms with E-state index in [0.29, 0.717) is 24.0 Å². The maximum absolute atomic E-state index is 13.9. The van der Waals surface area contributed by atoms with Gasteiger partial charge in [-0.05, 0) is 43.9 Å². The van der Waals surface area contributed by atoms with Crippen LogP contribution in [0.2, 0.25) is 0 Å². The van der Waals surface area contributed by atoms with Crippen LogP contribution in [0.5, 0.6) is 0 Å². The van der Waals surface area contributed by atoms with E-state index in [9.17, 15) is 9.18 Å². The van der Waals surface area contributed by atoms with E-state index in [4.69, 9.17) is 4.74 Å². The highest BCUT2D eigenvalue weighted by Crippen LogP contribution is 2.35. The second-order valence-corrected chi connectivity index (χ2v) is 5.75. The molecule has 0 bridgehead atoms. The minimum absolute atomic E-state index is 0.0844. The van der Waals surface area contributed by atoms with Crippen LogP contribution in [0.4, 0.5) is 4.39 Å². The number of halogens is 1. The Morgan fingerprint density at radius 2 is 2.25 bits per heavy atom. The van der Waals surface area contributed by atoms with Gasteiger partial charge in [-0.1, -0.05) is 0 Å². The molecule has 1 unspecified atom stereocenters. The van der Waals surface area contributed by atoms with Crippen LogP contribution in [-0.4, -0.2) is 37.1 Å². The lowest BCUT2D eigenvalue weighted by molar-refractivity contribution is 0.0590. The number of thiol groups is 1. The number of rotatable bonds is 6. The van der Waals surface area contributed by atoms with Crippen molar-refractivity contribution in [1.82, 2.24) is 4.90 Å². The Labute approximate surface area is 124 Å². The quantitative estimate of drug-likeness (QED) is 0.818. The van der Waals surface area contributed by atoms with Crippen LogP contribution in [0.25, 0.3) is 0 Å². The van der Waals surface area contributed by atoms with Crippen molar-refractivity contribution in [3.05, 3.63) is 29.6 Å². The number of ether oxygens (including phenoxy) is 1. The highest BCUT2D eigenvalue weighted by atomic mass is 32.1. The number of benzene rings is 1. The SMILES string of the molecule is COCCN(C(=O)c1cc(S)ccc1F)C(C)C1CC1. The molecule has 20 heavy (non-hydrogen) atoms. The highest BCUT2D eigenvalue weighted by Gasteiger charge is 2.35. The third-order valence-electron chi connectivity index (χ3n) is 3.77. The molecule has 110 valence electrons. The summed E-state index contributed by atoms with van der Waals surface area (Å²) in [4.78, 5) is 14.9. The molecule has 1 aromatic rings. The molecule has 1 fully saturated rings. The lowest BCUT2D eigenvalue weighted by Gasteiger charge is -2.29. The molecule has 0 saturated heterocycles. The summed E-state index contributed by atoms with van der Waals surface area (Å²) in [6.07, 6.45) is 2.26. The van der Waals surface area contributed by atoms with Crippen molar-refractivity contribution in [2.24, 2.45) is 5.92 Å². The van der Waals surface area contributed by atoms with Crippen LogP contribution in [-0.2, 0) is 4.74 Å². The predicted octanol–water partition coefficient (Wildman–Crippen LogP) is 3.00. The average molecular weight is 297 g/mol. The van der Waals surface area contributed by atoms with Crippen molar-refractivity contribution in [1.29, 1.82) is 0 Å². The van der Waals surface area contributed by atoms with Gasteiger partial charge in [0.15, 0.2) is 0 Å². The van der Waals surface area contributed by atoms with Gasteiger partial charge in [-0.3, -0.25) is 4.79 Å². The van der Waals surface area contributed by atoms with Crippen LogP contribution in [0.15, 0.2) is 23.1 Å². The zero-order chi connectivity index (χ0) is 14.7. The van der Waals surface area contributed by atoms with Gasteiger partial charge in [-0.15, -0.1) is 12.6 Å². The third-order valence-corrected chi connectivity index (χ3v) is 4.05. The molecule has 1 aromatic carbocycles. The van der Waals surface area contributed by atoms with E-state index in [1.165, 1.54) is 12.1 Å². The van der Waals surface area contributed by atoms with Crippen molar-refractivity contribution in [2.45, 2.75) is 30.7 Å². The maximum atomic E-state index is 13.9. The Bertz CT molecular complexity index is 491. The minimum atomic E-state index is -0.502. The van der Waals surface area contributed by atoms with Crippen LogP contribution in [0.3, 0.4) is 0 Å². The fourth-order valence-corrected chi connectivity index (χ4v) is 2.55. The fourth-order valence-electron chi connectivity index (χ4n) is 2.34. The van der Waals surface area contributed by atoms with E-state index in [-0.39, 0.29) is 17.5 Å². The van der Waals surface area contributed by atoms with Crippen molar-refractivity contribution in [3.8, 4) is 0 Å². The number of amides is 1. The summed E-state index contributed by atoms with van der Waals surface area (Å²) in [5.41, 5.74) is 0.0844. The second kappa shape index (κ2) is 6.59. The monoisotopic (exact) mass is 297 g/mol. The fraction of sp³-hybridized carbons (Fsp3) is 0.533. The third kappa shape index (κ3) is 3.52. The molecule has 1 amide bonds. The first-order valence-electron chi connectivity index (χ1n) is 6.83. The van der Waals surface area contributed by atoms with Gasteiger partial charge in [0.2, 0.25) is 0 Å². The summed E-state index contributed by atoms with van der Waals surface area (Å²) >= 11 is 4.18. The summed E-state index contributed by atoms with van der Waals surface area (Å²) in [7, 11) is 1.60. The van der Waals surface area contributed by atoms with Gasteiger partial charge < -0.3 is 9.64 Å². The Morgan fingerprint density at radius 3 is 2.85 bits per heavy atom. The number of nitrogens with zero attached hydrogens (tertiary/aromatic N) is 1. The van der Waals surface area contributed by atoms with Crippen molar-refractivity contribution >= 4 is 18.5 Å². The molecular weight excluding hydrogens is 277 g/mol. The molecule has 0 N–H and O–H groups in total. The predicted molar refractivity (Wildman–Crippen MR) is 78.8 cm³/mol. The van der Waals surface area contributed by atoms with Crippen molar-refractivity contribution in [3.63, 3.8) is 0 Å². The Hall–Kier alpha value is -1.07. The van der Waals surface area contributed by atoms with E-state index in [0.717, 1.165) is 12.8 Å². The molecule has 3 nitrogen and oxygen atoms in total. The molecule has 2 rings (SSSR count). The van der Waals surface area contributed by atoms with Crippen molar-refractivity contribution in [2.75, 3.05) is 20.3 Å². The summed E-state index contributed by atoms with van der Waals surface area (Å²) in [6.45, 7) is 2.95. The van der Waals surface area contributed by atoms with Crippen molar-refractivity contribution < 1.29 is 13.9 Å². The summed E-state index contributed by atoms with van der Waals surface area (Å²) in [5.74, 6) is -0.258. The molecule has 5 heteroatoms. The Kier molecular flexibility index (Phi) is 5.05. The molecule has 0 radical (unpaired) electrons. The molecule has 1 aliphatic rings. The Morgan fingerprint density at radius 1 is 1.55 bits per heavy atom. The standard InChI is InChI=1S/C15H20FNO2S/c1-10(11-3-4-11)17(7-8-19-2)15(18)13-9-12(20)5-6-14(13)16/h5-6,9-11,20H,3-4,7-8H2,1-2H3. The van der Waals surface area contributed by atoms with Gasteiger partial charge in [0.05, 0.1) is 12.2 Å². The molecule has 0 heterocycles. The van der Waals surface area contributed by atoms with E-state index < -0.39 is 5.82 Å². The first-order valence-corrected chi connectivity index (χ1v) is 7.27. The van der Waals surface area contributed by atoms with E-state index in [1.807, 2.05) is 6.92 Å². The number of carbonyl (C=O) groups is 1. The van der Waals surface area contributed by atoms with E-state index in [1.54, 1.807) is 18.1 Å². The zero-order valence-electron chi connectivity index (χ0n) is 11.8. The van der Waals surface area contributed by atoms with E-state index >= 15 is 0 Å². The average Bonchev–Trinajstić information content (AvgIpc) is 3.26. The minimum Gasteiger partial charge on any atom is -0.383 e. The number of carbonyl (C=O) groups excluding carboxylic acids is 1. The molecule has 1 saturated carbocycles. The zero-order valence-corrected chi connectivity index (χ0v) is 12.7. The largest absolute Gasteiger partial charge is 0.383 e. The van der Waals surface area contributed by atoms with Crippen LogP contribution >= 0.6 is 12.6 Å². The van der Waals surface area contributed by atoms with Gasteiger partial charge in [0, 0.05) is 24.6 Å².